The Balaban J connectivity index is 1.97. The fourth-order valence-corrected chi connectivity index (χ4v) is 3.87. The van der Waals surface area contributed by atoms with Crippen LogP contribution in [-0.4, -0.2) is 16.9 Å². The minimum Gasteiger partial charge on any atom is -0.253 e. The third-order valence-electron chi connectivity index (χ3n) is 4.68. The lowest BCUT2D eigenvalue weighted by molar-refractivity contribution is 0.601. The maximum absolute atomic E-state index is 4.92. The largest absolute Gasteiger partial charge is 0.253 e. The average Bonchev–Trinajstić information content (AvgIpc) is 3.13. The van der Waals surface area contributed by atoms with Gasteiger partial charge in [0.05, 0.1) is 12.2 Å². The summed E-state index contributed by atoms with van der Waals surface area (Å²) in [6.45, 7) is 11.0. The fraction of sp³-hybridized carbons (Fsp3) is 0.280. The molecule has 0 saturated carbocycles. The van der Waals surface area contributed by atoms with Crippen LogP contribution in [0.25, 0.3) is 22.4 Å². The molecule has 0 aliphatic carbocycles. The van der Waals surface area contributed by atoms with Crippen LogP contribution in [0.5, 0.6) is 0 Å². The number of rotatable bonds is 8. The van der Waals surface area contributed by atoms with Gasteiger partial charge in [0.25, 0.3) is 0 Å². The van der Waals surface area contributed by atoms with Crippen LogP contribution < -0.4 is 4.80 Å². The van der Waals surface area contributed by atoms with Crippen molar-refractivity contribution in [2.45, 2.75) is 33.6 Å². The molecule has 0 bridgehead atoms. The van der Waals surface area contributed by atoms with Crippen LogP contribution in [0.3, 0.4) is 0 Å². The Kier molecular flexibility index (Phi) is 7.36. The smallest absolute Gasteiger partial charge is 0.206 e. The SMILES string of the molecule is C=CCN=c1scc(-c2ccc(-c3ccccc3)cc2)n1N=C(C)CCC(C)C. The minimum atomic E-state index is 0.591. The van der Waals surface area contributed by atoms with Gasteiger partial charge in [-0.25, -0.2) is 4.68 Å². The second-order valence-electron chi connectivity index (χ2n) is 7.56. The normalized spacial score (nSPS) is 12.6. The summed E-state index contributed by atoms with van der Waals surface area (Å²) in [6.07, 6.45) is 3.95. The summed E-state index contributed by atoms with van der Waals surface area (Å²) in [5.41, 5.74) is 5.77. The summed E-state index contributed by atoms with van der Waals surface area (Å²) in [4.78, 5) is 5.54. The van der Waals surface area contributed by atoms with Crippen molar-refractivity contribution in [1.29, 1.82) is 0 Å². The molecule has 1 heterocycles. The Morgan fingerprint density at radius 1 is 1.03 bits per heavy atom. The zero-order valence-electron chi connectivity index (χ0n) is 17.5. The van der Waals surface area contributed by atoms with Crippen molar-refractivity contribution in [3.05, 3.63) is 77.4 Å². The molecule has 2 aromatic carbocycles. The lowest BCUT2D eigenvalue weighted by Crippen LogP contribution is -2.14. The molecular formula is C25H29N3S. The number of benzene rings is 2. The summed E-state index contributed by atoms with van der Waals surface area (Å²) in [5.74, 6) is 0.669. The molecule has 0 saturated heterocycles. The molecule has 0 aliphatic heterocycles. The first-order valence-electron chi connectivity index (χ1n) is 10.1. The summed E-state index contributed by atoms with van der Waals surface area (Å²) in [5, 5.41) is 7.05. The standard InChI is InChI=1S/C25H29N3S/c1-5-17-26-25-28(27-20(4)12-11-19(2)3)24(18-29-25)23-15-13-22(14-16-23)21-9-7-6-8-10-21/h5-10,13-16,18-19H,1,11-12,17H2,2-4H3. The van der Waals surface area contributed by atoms with E-state index in [2.05, 4.69) is 86.3 Å². The van der Waals surface area contributed by atoms with E-state index in [1.165, 1.54) is 11.1 Å². The molecule has 0 atom stereocenters. The van der Waals surface area contributed by atoms with Gasteiger partial charge in [-0.2, -0.15) is 5.10 Å². The van der Waals surface area contributed by atoms with Crippen LogP contribution in [0, 0.1) is 5.92 Å². The molecule has 1 aromatic heterocycles. The number of hydrogen-bond donors (Lipinski definition) is 0. The highest BCUT2D eigenvalue weighted by molar-refractivity contribution is 7.07. The summed E-state index contributed by atoms with van der Waals surface area (Å²) >= 11 is 1.62. The highest BCUT2D eigenvalue weighted by atomic mass is 32.1. The Morgan fingerprint density at radius 3 is 2.34 bits per heavy atom. The van der Waals surface area contributed by atoms with E-state index in [0.717, 1.165) is 34.6 Å². The highest BCUT2D eigenvalue weighted by Crippen LogP contribution is 2.25. The van der Waals surface area contributed by atoms with Crippen LogP contribution in [0.2, 0.25) is 0 Å². The number of hydrogen-bond acceptors (Lipinski definition) is 3. The molecular weight excluding hydrogens is 374 g/mol. The van der Waals surface area contributed by atoms with Crippen molar-refractivity contribution in [2.75, 3.05) is 6.54 Å². The molecule has 29 heavy (non-hydrogen) atoms. The number of thiazole rings is 1. The minimum absolute atomic E-state index is 0.591. The van der Waals surface area contributed by atoms with Crippen LogP contribution in [0.1, 0.15) is 33.6 Å². The van der Waals surface area contributed by atoms with Gasteiger partial charge in [-0.3, -0.25) is 4.99 Å². The zero-order valence-corrected chi connectivity index (χ0v) is 18.3. The second-order valence-corrected chi connectivity index (χ2v) is 8.39. The molecule has 4 heteroatoms. The van der Waals surface area contributed by atoms with Gasteiger partial charge in [-0.15, -0.1) is 17.9 Å². The van der Waals surface area contributed by atoms with Crippen molar-refractivity contribution in [1.82, 2.24) is 4.68 Å². The average molecular weight is 404 g/mol. The van der Waals surface area contributed by atoms with Crippen LogP contribution in [0.4, 0.5) is 0 Å². The van der Waals surface area contributed by atoms with E-state index in [4.69, 9.17) is 5.10 Å². The molecule has 0 amide bonds. The Bertz CT molecular complexity index is 1020. The summed E-state index contributed by atoms with van der Waals surface area (Å²) in [6, 6.07) is 19.1. The van der Waals surface area contributed by atoms with Gasteiger partial charge in [-0.05, 0) is 36.8 Å². The van der Waals surface area contributed by atoms with E-state index >= 15 is 0 Å². The van der Waals surface area contributed by atoms with Crippen molar-refractivity contribution in [2.24, 2.45) is 16.0 Å². The van der Waals surface area contributed by atoms with Gasteiger partial charge in [0.2, 0.25) is 4.80 Å². The van der Waals surface area contributed by atoms with Crippen molar-refractivity contribution < 1.29 is 0 Å². The van der Waals surface area contributed by atoms with E-state index in [9.17, 15) is 0 Å². The van der Waals surface area contributed by atoms with Gasteiger partial charge in [0.15, 0.2) is 0 Å². The Labute approximate surface area is 177 Å². The quantitative estimate of drug-likeness (QED) is 0.298. The van der Waals surface area contributed by atoms with Gasteiger partial charge in [0.1, 0.15) is 0 Å². The number of nitrogens with zero attached hydrogens (tertiary/aromatic N) is 3. The molecule has 0 spiro atoms. The number of aromatic nitrogens is 1. The van der Waals surface area contributed by atoms with Gasteiger partial charge >= 0.3 is 0 Å². The molecule has 0 aliphatic rings. The Morgan fingerprint density at radius 2 is 1.69 bits per heavy atom. The first-order valence-corrected chi connectivity index (χ1v) is 11.0. The van der Waals surface area contributed by atoms with E-state index in [1.54, 1.807) is 11.3 Å². The summed E-state index contributed by atoms with van der Waals surface area (Å²) < 4.78 is 1.99. The van der Waals surface area contributed by atoms with Gasteiger partial charge in [0, 0.05) is 16.7 Å². The summed E-state index contributed by atoms with van der Waals surface area (Å²) in [7, 11) is 0. The zero-order chi connectivity index (χ0) is 20.6. The second kappa shape index (κ2) is 10.2. The monoisotopic (exact) mass is 403 g/mol. The molecule has 0 N–H and O–H groups in total. The van der Waals surface area contributed by atoms with Gasteiger partial charge in [-0.1, -0.05) is 74.5 Å². The predicted molar refractivity (Wildman–Crippen MR) is 126 cm³/mol. The topological polar surface area (TPSA) is 29.6 Å². The third-order valence-corrected chi connectivity index (χ3v) is 5.54. The molecule has 3 rings (SSSR count). The lowest BCUT2D eigenvalue weighted by atomic mass is 10.0. The van der Waals surface area contributed by atoms with Crippen molar-refractivity contribution in [3.8, 4) is 22.4 Å². The van der Waals surface area contributed by atoms with Crippen molar-refractivity contribution in [3.63, 3.8) is 0 Å². The predicted octanol–water partition coefficient (Wildman–Crippen LogP) is 6.63. The van der Waals surface area contributed by atoms with E-state index < -0.39 is 0 Å². The third kappa shape index (κ3) is 5.64. The maximum Gasteiger partial charge on any atom is 0.206 e. The van der Waals surface area contributed by atoms with E-state index in [0.29, 0.717) is 12.5 Å². The van der Waals surface area contributed by atoms with Crippen LogP contribution >= 0.6 is 11.3 Å². The van der Waals surface area contributed by atoms with Crippen molar-refractivity contribution >= 4 is 17.0 Å². The molecule has 0 radical (unpaired) electrons. The van der Waals surface area contributed by atoms with Crippen LogP contribution in [-0.2, 0) is 0 Å². The lowest BCUT2D eigenvalue weighted by Gasteiger charge is -2.08. The Hall–Kier alpha value is -2.72. The van der Waals surface area contributed by atoms with Crippen LogP contribution in [0.15, 0.2) is 82.7 Å². The molecule has 3 nitrogen and oxygen atoms in total. The van der Waals surface area contributed by atoms with E-state index in [1.807, 2.05) is 16.8 Å². The first kappa shape index (κ1) is 21.0. The first-order chi connectivity index (χ1) is 14.1. The molecule has 0 fully saturated rings. The fourth-order valence-electron chi connectivity index (χ4n) is 3.03. The van der Waals surface area contributed by atoms with E-state index in [-0.39, 0.29) is 0 Å². The highest BCUT2D eigenvalue weighted by Gasteiger charge is 2.09. The molecule has 3 aromatic rings. The molecule has 0 unspecified atom stereocenters. The maximum atomic E-state index is 4.92. The van der Waals surface area contributed by atoms with Gasteiger partial charge < -0.3 is 0 Å². The molecule has 150 valence electrons.